The normalized spacial score (nSPS) is 15.6. The molecule has 1 atom stereocenters. The first kappa shape index (κ1) is 20.8. The predicted octanol–water partition coefficient (Wildman–Crippen LogP) is 5.49. The minimum Gasteiger partial charge on any atom is -0.462 e. The van der Waals surface area contributed by atoms with Crippen molar-refractivity contribution in [3.63, 3.8) is 0 Å². The number of fused-ring (bicyclic) bond motifs is 2. The number of thiophene rings is 1. The topological polar surface area (TPSA) is 85.6 Å². The zero-order chi connectivity index (χ0) is 21.4. The largest absolute Gasteiger partial charge is 0.462 e. The molecule has 2 aromatic heterocycles. The molecule has 2 heterocycles. The summed E-state index contributed by atoms with van der Waals surface area (Å²) in [5.74, 6) is -0.853. The minimum absolute atomic E-state index is 0.116. The van der Waals surface area contributed by atoms with Crippen molar-refractivity contribution < 1.29 is 18.7 Å². The fourth-order valence-electron chi connectivity index (χ4n) is 3.83. The maximum absolute atomic E-state index is 13.0. The summed E-state index contributed by atoms with van der Waals surface area (Å²) in [7, 11) is 0. The van der Waals surface area contributed by atoms with Crippen LogP contribution in [0, 0.1) is 0 Å². The lowest BCUT2D eigenvalue weighted by atomic mass is 9.86. The Bertz CT molecular complexity index is 1210. The van der Waals surface area contributed by atoms with Gasteiger partial charge < -0.3 is 14.5 Å². The average Bonchev–Trinajstić information content (AvgIpc) is 3.07. The van der Waals surface area contributed by atoms with Gasteiger partial charge in [0.05, 0.1) is 12.2 Å². The molecule has 30 heavy (non-hydrogen) atoms. The number of hydrogen-bond acceptors (Lipinski definition) is 6. The summed E-state index contributed by atoms with van der Waals surface area (Å²) in [5.41, 5.74) is 0.914. The van der Waals surface area contributed by atoms with Crippen LogP contribution in [-0.4, -0.2) is 18.5 Å². The summed E-state index contributed by atoms with van der Waals surface area (Å²) >= 11 is 4.76. The van der Waals surface area contributed by atoms with Gasteiger partial charge >= 0.3 is 11.6 Å². The number of aryl methyl sites for hydroxylation is 1. The van der Waals surface area contributed by atoms with Crippen molar-refractivity contribution in [2.75, 3.05) is 11.9 Å². The third-order valence-corrected chi connectivity index (χ3v) is 6.88. The van der Waals surface area contributed by atoms with Crippen molar-refractivity contribution in [3.05, 3.63) is 60.7 Å². The molecule has 0 fully saturated rings. The van der Waals surface area contributed by atoms with Gasteiger partial charge in [0.25, 0.3) is 5.91 Å². The Morgan fingerprint density at radius 3 is 2.90 bits per heavy atom. The smallest absolute Gasteiger partial charge is 0.349 e. The lowest BCUT2D eigenvalue weighted by Gasteiger charge is -2.19. The fraction of sp³-hybridized carbons (Fsp3) is 0.318. The second-order valence-electron chi connectivity index (χ2n) is 7.24. The average molecular weight is 490 g/mol. The van der Waals surface area contributed by atoms with Gasteiger partial charge in [0.15, 0.2) is 0 Å². The molecule has 3 aromatic rings. The molecule has 0 saturated heterocycles. The summed E-state index contributed by atoms with van der Waals surface area (Å²) in [5, 5.41) is 3.82. The lowest BCUT2D eigenvalue weighted by Crippen LogP contribution is -2.21. The van der Waals surface area contributed by atoms with E-state index < -0.39 is 17.5 Å². The molecule has 1 N–H and O–H groups in total. The summed E-state index contributed by atoms with van der Waals surface area (Å²) in [6, 6.07) is 6.69. The van der Waals surface area contributed by atoms with Crippen LogP contribution >= 0.6 is 27.3 Å². The highest BCUT2D eigenvalue weighted by Crippen LogP contribution is 2.43. The van der Waals surface area contributed by atoms with Crippen molar-refractivity contribution >= 4 is 55.1 Å². The molecular weight excluding hydrogens is 470 g/mol. The van der Waals surface area contributed by atoms with E-state index in [1.807, 2.05) is 0 Å². The van der Waals surface area contributed by atoms with Crippen LogP contribution in [0.3, 0.4) is 0 Å². The number of ether oxygens (including phenoxy) is 1. The van der Waals surface area contributed by atoms with E-state index in [-0.39, 0.29) is 18.1 Å². The van der Waals surface area contributed by atoms with Gasteiger partial charge in [-0.25, -0.2) is 9.59 Å². The fourth-order valence-corrected chi connectivity index (χ4v) is 5.55. The Balaban J connectivity index is 1.75. The first-order valence-electron chi connectivity index (χ1n) is 9.76. The number of halogens is 1. The molecular formula is C22H20BrNO5S. The van der Waals surface area contributed by atoms with E-state index in [1.165, 1.54) is 17.4 Å². The second-order valence-corrected chi connectivity index (χ2v) is 9.26. The van der Waals surface area contributed by atoms with Gasteiger partial charge in [0.1, 0.15) is 16.1 Å². The van der Waals surface area contributed by atoms with Crippen molar-refractivity contribution in [1.29, 1.82) is 0 Å². The van der Waals surface area contributed by atoms with Gasteiger partial charge in [0, 0.05) is 14.7 Å². The van der Waals surface area contributed by atoms with Gasteiger partial charge in [-0.05, 0) is 61.9 Å². The third-order valence-electron chi connectivity index (χ3n) is 5.20. The zero-order valence-corrected chi connectivity index (χ0v) is 18.9. The number of carbonyl (C=O) groups is 2. The van der Waals surface area contributed by atoms with Gasteiger partial charge in [0.2, 0.25) is 0 Å². The molecule has 0 spiro atoms. The molecule has 1 amide bonds. The first-order valence-corrected chi connectivity index (χ1v) is 11.4. The zero-order valence-electron chi connectivity index (χ0n) is 16.5. The van der Waals surface area contributed by atoms with E-state index in [0.29, 0.717) is 21.5 Å². The highest BCUT2D eigenvalue weighted by Gasteiger charge is 2.31. The molecule has 0 bridgehead atoms. The van der Waals surface area contributed by atoms with E-state index in [1.54, 1.807) is 25.1 Å². The molecule has 0 aliphatic heterocycles. The first-order chi connectivity index (χ1) is 14.4. The van der Waals surface area contributed by atoms with Crippen LogP contribution in [0.5, 0.6) is 0 Å². The Morgan fingerprint density at radius 1 is 1.33 bits per heavy atom. The van der Waals surface area contributed by atoms with Crippen LogP contribution in [0.25, 0.3) is 11.0 Å². The number of carbonyl (C=O) groups excluding carboxylic acids is 2. The van der Waals surface area contributed by atoms with Crippen molar-refractivity contribution in [2.24, 2.45) is 0 Å². The van der Waals surface area contributed by atoms with Crippen LogP contribution in [0.1, 0.15) is 63.8 Å². The maximum atomic E-state index is 13.0. The molecule has 156 valence electrons. The SMILES string of the molecule is CCOC(=O)c1c(NC(=O)c2cc3cc(Br)ccc3oc2=O)sc2c1C(C)CCC2. The number of hydrogen-bond donors (Lipinski definition) is 1. The lowest BCUT2D eigenvalue weighted by molar-refractivity contribution is 0.0526. The van der Waals surface area contributed by atoms with Crippen molar-refractivity contribution in [1.82, 2.24) is 0 Å². The second kappa shape index (κ2) is 8.35. The molecule has 1 aliphatic rings. The number of benzene rings is 1. The molecule has 1 aliphatic carbocycles. The van der Waals surface area contributed by atoms with E-state index >= 15 is 0 Å². The van der Waals surface area contributed by atoms with Gasteiger partial charge in [-0.3, -0.25) is 4.79 Å². The number of amides is 1. The van der Waals surface area contributed by atoms with Gasteiger partial charge in [-0.2, -0.15) is 0 Å². The van der Waals surface area contributed by atoms with Crippen LogP contribution in [0.2, 0.25) is 0 Å². The molecule has 8 heteroatoms. The van der Waals surface area contributed by atoms with Gasteiger partial charge in [-0.15, -0.1) is 11.3 Å². The molecule has 1 unspecified atom stereocenters. The molecule has 1 aromatic carbocycles. The summed E-state index contributed by atoms with van der Waals surface area (Å²) in [6.45, 7) is 4.07. The number of anilines is 1. The van der Waals surface area contributed by atoms with Crippen molar-refractivity contribution in [2.45, 2.75) is 39.0 Å². The van der Waals surface area contributed by atoms with E-state index in [0.717, 1.165) is 34.2 Å². The standard InChI is InChI=1S/C22H20BrNO5S/c1-3-28-22(27)18-17-11(2)5-4-6-16(17)30-20(18)24-19(25)14-10-12-9-13(23)7-8-15(12)29-21(14)26/h7-11H,3-6H2,1-2H3,(H,24,25). The number of rotatable bonds is 4. The molecule has 4 rings (SSSR count). The van der Waals surface area contributed by atoms with Crippen LogP contribution < -0.4 is 10.9 Å². The van der Waals surface area contributed by atoms with E-state index in [4.69, 9.17) is 9.15 Å². The Kier molecular flexibility index (Phi) is 5.79. The van der Waals surface area contributed by atoms with Crippen molar-refractivity contribution in [3.8, 4) is 0 Å². The monoisotopic (exact) mass is 489 g/mol. The maximum Gasteiger partial charge on any atom is 0.349 e. The summed E-state index contributed by atoms with van der Waals surface area (Å²) in [4.78, 5) is 39.1. The number of nitrogens with one attached hydrogen (secondary N) is 1. The summed E-state index contributed by atoms with van der Waals surface area (Å²) in [6.07, 6.45) is 2.87. The van der Waals surface area contributed by atoms with E-state index in [2.05, 4.69) is 28.2 Å². The summed E-state index contributed by atoms with van der Waals surface area (Å²) < 4.78 is 11.4. The van der Waals surface area contributed by atoms with Crippen LogP contribution in [0.15, 0.2) is 37.9 Å². The highest BCUT2D eigenvalue weighted by molar-refractivity contribution is 9.10. The quantitative estimate of drug-likeness (QED) is 0.387. The van der Waals surface area contributed by atoms with Crippen LogP contribution in [0.4, 0.5) is 5.00 Å². The van der Waals surface area contributed by atoms with E-state index in [9.17, 15) is 14.4 Å². The van der Waals surface area contributed by atoms with Crippen LogP contribution in [-0.2, 0) is 11.2 Å². The molecule has 6 nitrogen and oxygen atoms in total. The van der Waals surface area contributed by atoms with Gasteiger partial charge in [-0.1, -0.05) is 22.9 Å². The predicted molar refractivity (Wildman–Crippen MR) is 120 cm³/mol. The Morgan fingerprint density at radius 2 is 2.13 bits per heavy atom. The minimum atomic E-state index is -0.727. The Hall–Kier alpha value is -2.45. The number of esters is 1. The highest BCUT2D eigenvalue weighted by atomic mass is 79.9. The third kappa shape index (κ3) is 3.81. The molecule has 0 radical (unpaired) electrons. The molecule has 0 saturated carbocycles. The Labute approximate surface area is 185 Å².